The number of aryl methyl sites for hydroxylation is 1. The highest BCUT2D eigenvalue weighted by atomic mass is 16.5. The number of ether oxygens (including phenoxy) is 2. The smallest absolute Gasteiger partial charge is 0.321 e. The van der Waals surface area contributed by atoms with Crippen molar-refractivity contribution in [3.8, 4) is 18.0 Å². The zero-order valence-electron chi connectivity index (χ0n) is 24.0. The van der Waals surface area contributed by atoms with Gasteiger partial charge in [-0.2, -0.15) is 20.3 Å². The van der Waals surface area contributed by atoms with E-state index in [4.69, 9.17) is 19.4 Å². The first kappa shape index (κ1) is 26.7. The van der Waals surface area contributed by atoms with Gasteiger partial charge in [-0.3, -0.25) is 9.89 Å². The van der Waals surface area contributed by atoms with Crippen molar-refractivity contribution in [1.82, 2.24) is 30.0 Å². The Bertz CT molecular complexity index is 1580. The van der Waals surface area contributed by atoms with E-state index in [9.17, 15) is 10.1 Å². The van der Waals surface area contributed by atoms with Crippen molar-refractivity contribution in [3.05, 3.63) is 47.7 Å². The number of aromatic amines is 1. The zero-order chi connectivity index (χ0) is 28.8. The van der Waals surface area contributed by atoms with Crippen LogP contribution in [0.4, 0.5) is 5.82 Å². The monoisotopic (exact) mass is 568 g/mol. The molecule has 11 heteroatoms. The van der Waals surface area contributed by atoms with Gasteiger partial charge in [-0.25, -0.2) is 0 Å². The van der Waals surface area contributed by atoms with Crippen LogP contribution < -0.4 is 14.4 Å². The summed E-state index contributed by atoms with van der Waals surface area (Å²) in [6.07, 6.45) is 9.08. The van der Waals surface area contributed by atoms with E-state index >= 15 is 0 Å². The number of carbonyl (C=O) groups is 1. The van der Waals surface area contributed by atoms with Gasteiger partial charge >= 0.3 is 6.01 Å². The topological polar surface area (TPSA) is 124 Å². The minimum absolute atomic E-state index is 0.152. The molecule has 3 aromatic rings. The van der Waals surface area contributed by atoms with E-state index in [0.717, 1.165) is 67.4 Å². The summed E-state index contributed by atoms with van der Waals surface area (Å²) >= 11 is 0. The van der Waals surface area contributed by atoms with Crippen molar-refractivity contribution in [3.63, 3.8) is 0 Å². The van der Waals surface area contributed by atoms with E-state index in [1.165, 1.54) is 17.2 Å². The number of nitrogens with one attached hydrogen (secondary N) is 1. The van der Waals surface area contributed by atoms with Crippen molar-refractivity contribution in [1.29, 1.82) is 5.26 Å². The maximum absolute atomic E-state index is 12.5. The Morgan fingerprint density at radius 3 is 2.88 bits per heavy atom. The highest BCUT2D eigenvalue weighted by molar-refractivity contribution is 5.87. The SMILES string of the molecule is C=CC(=O)N1CCN(c2nc(OC[C@@H]3CCCN3C)nc3c2CC[C@]2(CCc4c2ccc2[nH]ncc42)O3)C[C@@H]1CC#N. The maximum Gasteiger partial charge on any atom is 0.321 e. The van der Waals surface area contributed by atoms with E-state index in [0.29, 0.717) is 44.2 Å². The number of amides is 1. The van der Waals surface area contributed by atoms with Gasteiger partial charge in [-0.05, 0) is 75.4 Å². The Hall–Kier alpha value is -4.17. The Balaban J connectivity index is 1.23. The maximum atomic E-state index is 12.5. The van der Waals surface area contributed by atoms with Crippen LogP contribution in [-0.4, -0.2) is 87.8 Å². The van der Waals surface area contributed by atoms with Gasteiger partial charge in [0, 0.05) is 31.1 Å². The minimum Gasteiger partial charge on any atom is -0.466 e. The Kier molecular flexibility index (Phi) is 6.73. The molecule has 218 valence electrons. The largest absolute Gasteiger partial charge is 0.466 e. The molecular formula is C31H36N8O3. The number of nitrogens with zero attached hydrogens (tertiary/aromatic N) is 7. The number of anilines is 1. The third-order valence-corrected chi connectivity index (χ3v) is 9.65. The number of hydrogen-bond acceptors (Lipinski definition) is 9. The van der Waals surface area contributed by atoms with Gasteiger partial charge in [0.2, 0.25) is 11.8 Å². The number of benzene rings is 1. The molecule has 1 aromatic carbocycles. The van der Waals surface area contributed by atoms with Crippen molar-refractivity contribution in [2.45, 2.75) is 62.6 Å². The van der Waals surface area contributed by atoms with Crippen LogP contribution in [0.1, 0.15) is 48.8 Å². The Morgan fingerprint density at radius 2 is 2.10 bits per heavy atom. The molecule has 0 radical (unpaired) electrons. The van der Waals surface area contributed by atoms with Gasteiger partial charge in [-0.1, -0.05) is 12.6 Å². The molecule has 2 fully saturated rings. The van der Waals surface area contributed by atoms with Crippen LogP contribution in [0.25, 0.3) is 10.9 Å². The molecule has 0 saturated carbocycles. The first-order valence-electron chi connectivity index (χ1n) is 14.9. The zero-order valence-corrected chi connectivity index (χ0v) is 24.0. The lowest BCUT2D eigenvalue weighted by Gasteiger charge is -2.42. The molecule has 4 aliphatic rings. The number of hydrogen-bond donors (Lipinski definition) is 1. The molecule has 11 nitrogen and oxygen atoms in total. The molecule has 42 heavy (non-hydrogen) atoms. The average molecular weight is 569 g/mol. The predicted octanol–water partition coefficient (Wildman–Crippen LogP) is 3.11. The summed E-state index contributed by atoms with van der Waals surface area (Å²) in [4.78, 5) is 28.6. The number of rotatable bonds is 6. The van der Waals surface area contributed by atoms with Crippen LogP contribution in [0.15, 0.2) is 31.0 Å². The highest BCUT2D eigenvalue weighted by Crippen LogP contribution is 2.50. The van der Waals surface area contributed by atoms with Crippen LogP contribution in [0, 0.1) is 11.3 Å². The first-order valence-corrected chi connectivity index (χ1v) is 14.9. The molecule has 1 amide bonds. The molecule has 2 saturated heterocycles. The number of piperazine rings is 1. The summed E-state index contributed by atoms with van der Waals surface area (Å²) in [5.74, 6) is 1.20. The quantitative estimate of drug-likeness (QED) is 0.447. The van der Waals surface area contributed by atoms with E-state index in [1.807, 2.05) is 6.20 Å². The fraction of sp³-hybridized carbons (Fsp3) is 0.516. The van der Waals surface area contributed by atoms with Gasteiger partial charge in [0.25, 0.3) is 0 Å². The van der Waals surface area contributed by atoms with Crippen molar-refractivity contribution >= 4 is 22.6 Å². The van der Waals surface area contributed by atoms with Gasteiger partial charge in [0.05, 0.1) is 35.8 Å². The second-order valence-corrected chi connectivity index (χ2v) is 11.9. The number of likely N-dealkylation sites (N-methyl/N-ethyl adjacent to an activating group) is 1. The lowest BCUT2D eigenvalue weighted by atomic mass is 9.86. The fourth-order valence-corrected chi connectivity index (χ4v) is 7.32. The molecule has 0 bridgehead atoms. The van der Waals surface area contributed by atoms with Crippen LogP contribution in [0.5, 0.6) is 11.9 Å². The van der Waals surface area contributed by atoms with E-state index in [2.05, 4.69) is 51.8 Å². The average Bonchev–Trinajstić information content (AvgIpc) is 3.74. The molecule has 7 rings (SSSR count). The lowest BCUT2D eigenvalue weighted by molar-refractivity contribution is -0.128. The standard InChI is InChI=1S/C31H36N8O3/c1-3-27(40)39-16-15-38(18-20(39)10-13-32)28-23-9-12-31(11-8-22-24-17-33-36-26(24)7-6-25(22)31)42-29(23)35-30(34-28)41-19-21-5-4-14-37(21)2/h3,6-7,17,20-21H,1,4-5,8-12,14-16,18-19H2,2H3,(H,33,36)/t20-,21-,31-/m0/s1. The predicted molar refractivity (Wildman–Crippen MR) is 156 cm³/mol. The molecule has 1 N–H and O–H groups in total. The molecule has 0 unspecified atom stereocenters. The molecule has 1 aliphatic carbocycles. The molecule has 3 atom stereocenters. The van der Waals surface area contributed by atoms with Crippen molar-refractivity contribution in [2.24, 2.45) is 0 Å². The summed E-state index contributed by atoms with van der Waals surface area (Å²) < 4.78 is 13.2. The summed E-state index contributed by atoms with van der Waals surface area (Å²) in [6, 6.07) is 6.89. The number of likely N-dealkylation sites (tertiary alicyclic amines) is 1. The normalized spacial score (nSPS) is 25.2. The summed E-state index contributed by atoms with van der Waals surface area (Å²) in [7, 11) is 2.13. The third-order valence-electron chi connectivity index (χ3n) is 9.65. The first-order chi connectivity index (χ1) is 20.5. The lowest BCUT2D eigenvalue weighted by Crippen LogP contribution is -2.55. The van der Waals surface area contributed by atoms with Crippen LogP contribution >= 0.6 is 0 Å². The summed E-state index contributed by atoms with van der Waals surface area (Å²) in [5, 5.41) is 18.0. The van der Waals surface area contributed by atoms with E-state index in [1.54, 1.807) is 4.90 Å². The van der Waals surface area contributed by atoms with E-state index < -0.39 is 5.60 Å². The van der Waals surface area contributed by atoms with E-state index in [-0.39, 0.29) is 18.4 Å². The molecule has 5 heterocycles. The van der Waals surface area contributed by atoms with Crippen molar-refractivity contribution < 1.29 is 14.3 Å². The second-order valence-electron chi connectivity index (χ2n) is 11.9. The van der Waals surface area contributed by atoms with Gasteiger partial charge in [0.15, 0.2) is 0 Å². The number of nitriles is 1. The highest BCUT2D eigenvalue weighted by Gasteiger charge is 2.46. The van der Waals surface area contributed by atoms with Gasteiger partial charge in [0.1, 0.15) is 18.0 Å². The number of fused-ring (bicyclic) bond motifs is 5. The Labute approximate surface area is 245 Å². The summed E-state index contributed by atoms with van der Waals surface area (Å²) in [5.41, 5.74) is 4.05. The van der Waals surface area contributed by atoms with Gasteiger partial charge in [-0.15, -0.1) is 0 Å². The van der Waals surface area contributed by atoms with Crippen LogP contribution in [0.2, 0.25) is 0 Å². The number of H-pyrrole nitrogens is 1. The number of carbonyl (C=O) groups excluding carboxylic acids is 1. The minimum atomic E-state index is -0.458. The molecule has 3 aliphatic heterocycles. The molecule has 2 aromatic heterocycles. The second kappa shape index (κ2) is 10.6. The van der Waals surface area contributed by atoms with Crippen molar-refractivity contribution in [2.75, 3.05) is 44.7 Å². The number of aromatic nitrogens is 4. The van der Waals surface area contributed by atoms with Crippen LogP contribution in [0.3, 0.4) is 0 Å². The fourth-order valence-electron chi connectivity index (χ4n) is 7.32. The Morgan fingerprint density at radius 1 is 1.24 bits per heavy atom. The van der Waals surface area contributed by atoms with Crippen LogP contribution in [-0.2, 0) is 23.2 Å². The third kappa shape index (κ3) is 4.45. The molecule has 1 spiro atoms. The molecular weight excluding hydrogens is 532 g/mol. The summed E-state index contributed by atoms with van der Waals surface area (Å²) in [6.45, 7) is 6.79. The van der Waals surface area contributed by atoms with Gasteiger partial charge < -0.3 is 24.2 Å².